The molecule has 0 aromatic heterocycles. The molecule has 0 spiro atoms. The summed E-state index contributed by atoms with van der Waals surface area (Å²) in [5.41, 5.74) is -1.99. The molecule has 2 saturated heterocycles. The van der Waals surface area contributed by atoms with Crippen LogP contribution in [0.15, 0.2) is 0 Å². The van der Waals surface area contributed by atoms with Crippen LogP contribution in [0.25, 0.3) is 0 Å². The van der Waals surface area contributed by atoms with Gasteiger partial charge in [-0.25, -0.2) is 0 Å². The van der Waals surface area contributed by atoms with E-state index in [1.807, 2.05) is 0 Å². The molecule has 13 heavy (non-hydrogen) atoms. The maximum Gasteiger partial charge on any atom is 0.312 e. The molecule has 0 aromatic rings. The first kappa shape index (κ1) is 8.97. The van der Waals surface area contributed by atoms with E-state index in [1.54, 1.807) is 13.8 Å². The Labute approximate surface area is 76.5 Å². The zero-order valence-electron chi connectivity index (χ0n) is 7.83. The second kappa shape index (κ2) is 2.07. The Bertz CT molecular complexity index is 263. The van der Waals surface area contributed by atoms with Crippen molar-refractivity contribution in [2.24, 2.45) is 5.41 Å². The first-order valence-electron chi connectivity index (χ1n) is 4.42. The Morgan fingerprint density at radius 3 is 2.23 bits per heavy atom. The van der Waals surface area contributed by atoms with Gasteiger partial charge in [0.15, 0.2) is 0 Å². The van der Waals surface area contributed by atoms with Gasteiger partial charge in [0, 0.05) is 0 Å². The van der Waals surface area contributed by atoms with Crippen LogP contribution in [0.2, 0.25) is 0 Å². The zero-order valence-corrected chi connectivity index (χ0v) is 7.83. The zero-order chi connectivity index (χ0) is 9.91. The van der Waals surface area contributed by atoms with Crippen LogP contribution in [0.5, 0.6) is 0 Å². The van der Waals surface area contributed by atoms with Crippen molar-refractivity contribution in [1.82, 2.24) is 0 Å². The average molecular weight is 186 g/mol. The largest absolute Gasteiger partial charge is 0.481 e. The minimum Gasteiger partial charge on any atom is -0.481 e. The van der Waals surface area contributed by atoms with E-state index in [2.05, 4.69) is 0 Å². The summed E-state index contributed by atoms with van der Waals surface area (Å²) in [4.78, 5) is 11.1. The van der Waals surface area contributed by atoms with Gasteiger partial charge in [-0.2, -0.15) is 0 Å². The average Bonchev–Trinajstić information content (AvgIpc) is 2.29. The number of fused-ring (bicyclic) bond motifs is 1. The van der Waals surface area contributed by atoms with Crippen molar-refractivity contribution in [3.8, 4) is 0 Å². The number of carboxylic acid groups (broad SMARTS) is 1. The van der Waals surface area contributed by atoms with Crippen molar-refractivity contribution in [2.45, 2.75) is 37.9 Å². The third kappa shape index (κ3) is 0.802. The molecule has 3 aliphatic rings. The maximum atomic E-state index is 11.1. The van der Waals surface area contributed by atoms with Gasteiger partial charge < -0.3 is 14.9 Å². The lowest BCUT2D eigenvalue weighted by molar-refractivity contribution is -0.157. The number of aliphatic hydroxyl groups excluding tert-OH is 1. The van der Waals surface area contributed by atoms with Crippen molar-refractivity contribution >= 4 is 5.97 Å². The number of hydrogen-bond acceptors (Lipinski definition) is 3. The summed E-state index contributed by atoms with van der Waals surface area (Å²) in [5, 5.41) is 18.2. The van der Waals surface area contributed by atoms with Gasteiger partial charge in [0.2, 0.25) is 0 Å². The summed E-state index contributed by atoms with van der Waals surface area (Å²) in [6, 6.07) is 0. The van der Waals surface area contributed by atoms with Gasteiger partial charge >= 0.3 is 5.97 Å². The summed E-state index contributed by atoms with van der Waals surface area (Å²) in [6.07, 6.45) is 0.887. The Balaban J connectivity index is 2.33. The van der Waals surface area contributed by atoms with Crippen molar-refractivity contribution in [3.05, 3.63) is 0 Å². The third-order valence-corrected chi connectivity index (χ3v) is 3.57. The summed E-state index contributed by atoms with van der Waals surface area (Å²) in [7, 11) is 0. The Kier molecular flexibility index (Phi) is 1.43. The van der Waals surface area contributed by atoms with Gasteiger partial charge in [-0.05, 0) is 26.7 Å². The lowest BCUT2D eigenvalue weighted by Crippen LogP contribution is -2.53. The topological polar surface area (TPSA) is 66.8 Å². The summed E-state index contributed by atoms with van der Waals surface area (Å²) >= 11 is 0. The van der Waals surface area contributed by atoms with Gasteiger partial charge in [0.25, 0.3) is 0 Å². The summed E-state index contributed by atoms with van der Waals surface area (Å²) in [6.45, 7) is 3.49. The quantitative estimate of drug-likeness (QED) is 0.654. The number of aliphatic carboxylic acids is 1. The van der Waals surface area contributed by atoms with Crippen molar-refractivity contribution < 1.29 is 19.7 Å². The molecular weight excluding hydrogens is 172 g/mol. The van der Waals surface area contributed by atoms with E-state index in [4.69, 9.17) is 14.9 Å². The van der Waals surface area contributed by atoms with Crippen molar-refractivity contribution in [1.29, 1.82) is 0 Å². The Hall–Kier alpha value is -0.610. The summed E-state index contributed by atoms with van der Waals surface area (Å²) < 4.78 is 5.59. The second-order valence-corrected chi connectivity index (χ2v) is 4.69. The highest BCUT2D eigenvalue weighted by Gasteiger charge is 2.75. The summed E-state index contributed by atoms with van der Waals surface area (Å²) in [5.74, 6) is -0.806. The van der Waals surface area contributed by atoms with Crippen LogP contribution in [0.1, 0.15) is 26.7 Å². The maximum absolute atomic E-state index is 11.1. The highest BCUT2D eigenvalue weighted by atomic mass is 16.6. The predicted octanol–water partition coefficient (Wildman–Crippen LogP) is 0.391. The molecule has 0 atom stereocenters. The number of rotatable bonds is 2. The first-order chi connectivity index (χ1) is 5.88. The van der Waals surface area contributed by atoms with Crippen LogP contribution in [0.4, 0.5) is 0 Å². The fourth-order valence-corrected chi connectivity index (χ4v) is 2.74. The van der Waals surface area contributed by atoms with Gasteiger partial charge in [-0.1, -0.05) is 0 Å². The van der Waals surface area contributed by atoms with Crippen LogP contribution in [0.3, 0.4) is 0 Å². The lowest BCUT2D eigenvalue weighted by atomic mass is 9.57. The van der Waals surface area contributed by atoms with E-state index in [9.17, 15) is 4.79 Å². The lowest BCUT2D eigenvalue weighted by Gasteiger charge is -2.42. The molecule has 0 amide bonds. The molecular formula is C9H14O4. The van der Waals surface area contributed by atoms with Gasteiger partial charge in [-0.15, -0.1) is 0 Å². The number of hydrogen-bond donors (Lipinski definition) is 2. The van der Waals surface area contributed by atoms with Crippen molar-refractivity contribution in [2.75, 3.05) is 6.61 Å². The molecule has 1 saturated carbocycles. The molecule has 3 fully saturated rings. The molecule has 4 heteroatoms. The van der Waals surface area contributed by atoms with E-state index in [-0.39, 0.29) is 6.61 Å². The molecule has 4 nitrogen and oxygen atoms in total. The van der Waals surface area contributed by atoms with Gasteiger partial charge in [0.1, 0.15) is 5.41 Å². The van der Waals surface area contributed by atoms with E-state index in [1.165, 1.54) is 0 Å². The molecule has 0 aromatic carbocycles. The SMILES string of the molecule is CC1(C)OC2(CO)CC1(C(=O)O)C2. The predicted molar refractivity (Wildman–Crippen MR) is 44.3 cm³/mol. The number of carboxylic acids is 1. The van der Waals surface area contributed by atoms with Crippen molar-refractivity contribution in [3.63, 3.8) is 0 Å². The van der Waals surface area contributed by atoms with Gasteiger partial charge in [0.05, 0.1) is 17.8 Å². The minimum atomic E-state index is -0.806. The fourth-order valence-electron chi connectivity index (χ4n) is 2.74. The molecule has 2 heterocycles. The standard InChI is InChI=1S/C9H14O4/c1-7(2)9(6(11)12)3-8(4-9,5-10)13-7/h10H,3-5H2,1-2H3,(H,11,12). The van der Waals surface area contributed by atoms with E-state index >= 15 is 0 Å². The molecule has 2 aliphatic heterocycles. The van der Waals surface area contributed by atoms with Crippen LogP contribution in [-0.2, 0) is 9.53 Å². The number of ether oxygens (including phenoxy) is 1. The highest BCUT2D eigenvalue weighted by molar-refractivity contribution is 5.79. The molecule has 74 valence electrons. The molecule has 1 aliphatic carbocycles. The first-order valence-corrected chi connectivity index (χ1v) is 4.42. The van der Waals surface area contributed by atoms with E-state index in [0.29, 0.717) is 12.8 Å². The minimum absolute atomic E-state index is 0.0779. The van der Waals surface area contributed by atoms with Gasteiger partial charge in [-0.3, -0.25) is 4.79 Å². The molecule has 3 rings (SSSR count). The molecule has 0 radical (unpaired) electrons. The monoisotopic (exact) mass is 186 g/mol. The Morgan fingerprint density at radius 1 is 1.46 bits per heavy atom. The second-order valence-electron chi connectivity index (χ2n) is 4.69. The number of carbonyl (C=O) groups is 1. The Morgan fingerprint density at radius 2 is 2.00 bits per heavy atom. The molecule has 0 unspecified atom stereocenters. The normalized spacial score (nSPS) is 45.8. The van der Waals surface area contributed by atoms with E-state index < -0.39 is 22.6 Å². The smallest absolute Gasteiger partial charge is 0.312 e. The van der Waals surface area contributed by atoms with Crippen LogP contribution >= 0.6 is 0 Å². The van der Waals surface area contributed by atoms with E-state index in [0.717, 1.165) is 0 Å². The third-order valence-electron chi connectivity index (χ3n) is 3.57. The molecule has 2 bridgehead atoms. The van der Waals surface area contributed by atoms with Crippen LogP contribution in [0, 0.1) is 5.41 Å². The highest BCUT2D eigenvalue weighted by Crippen LogP contribution is 2.66. The van der Waals surface area contributed by atoms with Crippen LogP contribution < -0.4 is 0 Å². The number of aliphatic hydroxyl groups is 1. The van der Waals surface area contributed by atoms with Crippen LogP contribution in [-0.4, -0.2) is 34.0 Å². The molecule has 2 N–H and O–H groups in total. The fraction of sp³-hybridized carbons (Fsp3) is 0.889.